The van der Waals surface area contributed by atoms with E-state index in [1.54, 1.807) is 13.2 Å². The molecule has 3 aromatic carbocycles. The predicted molar refractivity (Wildman–Crippen MR) is 337 cm³/mol. The van der Waals surface area contributed by atoms with Crippen LogP contribution in [0.2, 0.25) is 0 Å². The van der Waals surface area contributed by atoms with Crippen molar-refractivity contribution in [1.29, 1.82) is 0 Å². The molecular formula is C65H82N12O10S. The summed E-state index contributed by atoms with van der Waals surface area (Å²) >= 11 is 0. The second-order valence-electron chi connectivity index (χ2n) is 25.6. The first-order valence-corrected chi connectivity index (χ1v) is 32.9. The predicted octanol–water partition coefficient (Wildman–Crippen LogP) is 8.21. The van der Waals surface area contributed by atoms with Crippen LogP contribution in [0.15, 0.2) is 96.2 Å². The lowest BCUT2D eigenvalue weighted by molar-refractivity contribution is -0.384. The number of nitrogens with zero attached hydrogens (tertiary/aromatic N) is 9. The van der Waals surface area contributed by atoms with E-state index in [-0.39, 0.29) is 29.3 Å². The first kappa shape index (κ1) is 59.8. The largest absolute Gasteiger partial charge is 0.493 e. The summed E-state index contributed by atoms with van der Waals surface area (Å²) in [5.74, 6) is 1.72. The smallest absolute Gasteiger partial charge is 0.293 e. The normalized spacial score (nSPS) is 24.4. The highest BCUT2D eigenvalue weighted by atomic mass is 32.2. The molecule has 7 aliphatic rings. The summed E-state index contributed by atoms with van der Waals surface area (Å²) in [6.07, 6.45) is 8.59. The number of carbonyl (C=O) groups is 1. The number of aromatic nitrogens is 3. The van der Waals surface area contributed by atoms with Gasteiger partial charge in [0.1, 0.15) is 23.1 Å². The van der Waals surface area contributed by atoms with Gasteiger partial charge in [0.2, 0.25) is 5.88 Å². The number of carbonyl (C=O) groups excluding carboxylic acids is 1. The number of rotatable bonds is 17. The quantitative estimate of drug-likeness (QED) is 0.0497. The Morgan fingerprint density at radius 2 is 1.68 bits per heavy atom. The van der Waals surface area contributed by atoms with Gasteiger partial charge in [-0.15, -0.1) is 0 Å². The minimum atomic E-state index is -4.65. The number of piperazine rings is 1. The number of nitrogens with one attached hydrogen (secondary N) is 3. The molecule has 0 radical (unpaired) electrons. The number of fused-ring (bicyclic) bond motifs is 3. The van der Waals surface area contributed by atoms with Crippen LogP contribution < -0.4 is 34.2 Å². The van der Waals surface area contributed by atoms with Gasteiger partial charge in [0.25, 0.3) is 21.6 Å². The molecule has 1 aliphatic carbocycles. The summed E-state index contributed by atoms with van der Waals surface area (Å²) in [5.41, 5.74) is 5.72. The molecule has 0 spiro atoms. The first-order valence-electron chi connectivity index (χ1n) is 31.5. The number of amides is 1. The maximum Gasteiger partial charge on any atom is 0.293 e. The van der Waals surface area contributed by atoms with Gasteiger partial charge in [0, 0.05) is 126 Å². The maximum atomic E-state index is 14.9. The number of morpholine rings is 1. The average Bonchev–Trinajstić information content (AvgIpc) is 1.57. The Kier molecular flexibility index (Phi) is 17.0. The van der Waals surface area contributed by atoms with Crippen LogP contribution >= 0.6 is 0 Å². The number of aromatic amines is 1. The number of anilines is 5. The number of sulfonamides is 1. The third-order valence-electron chi connectivity index (χ3n) is 19.6. The maximum absolute atomic E-state index is 14.9. The van der Waals surface area contributed by atoms with Gasteiger partial charge in [-0.3, -0.25) is 29.6 Å². The zero-order chi connectivity index (χ0) is 60.8. The molecule has 13 rings (SSSR count). The van der Waals surface area contributed by atoms with E-state index in [2.05, 4.69) is 88.6 Å². The highest BCUT2D eigenvalue weighted by Crippen LogP contribution is 2.47. The van der Waals surface area contributed by atoms with Crippen molar-refractivity contribution < 1.29 is 42.2 Å². The van der Waals surface area contributed by atoms with Crippen molar-refractivity contribution in [3.05, 3.63) is 124 Å². The minimum absolute atomic E-state index is 0.103. The molecule has 88 heavy (non-hydrogen) atoms. The number of nitro benzene ring substituents is 1. The number of benzene rings is 3. The zero-order valence-electron chi connectivity index (χ0n) is 50.8. The van der Waals surface area contributed by atoms with Gasteiger partial charge < -0.3 is 49.1 Å². The molecular weight excluding hydrogens is 1140 g/mol. The van der Waals surface area contributed by atoms with Crippen LogP contribution in [0.5, 0.6) is 11.6 Å². The molecule has 6 aromatic rings. The van der Waals surface area contributed by atoms with Crippen molar-refractivity contribution in [3.8, 4) is 11.6 Å². The Hall–Kier alpha value is -7.12. The third-order valence-corrected chi connectivity index (χ3v) is 20.9. The Bertz CT molecular complexity index is 3630. The van der Waals surface area contributed by atoms with E-state index in [1.165, 1.54) is 23.3 Å². The monoisotopic (exact) mass is 1220 g/mol. The SMILES string of the molecule is COc1cc(CN2CCN(C3CN(C4CCN(c5ccc(C(=O)NS(=O)(=O)c6ccc(NC[C@H]7CC[C@](C)(O)CC7)c([N+](=O)[O-])c6)c(N6c7cc8cc[nH]c8nc7O[C@H]7COCC[C@@H]76)c5)CC4)C3)[C@H](c3ccccc3C(C)C)C2)cnc1N1CCOCC1. The number of nitro groups is 1. The number of methoxy groups -OCH3 is 1. The van der Waals surface area contributed by atoms with E-state index in [4.69, 9.17) is 28.9 Å². The van der Waals surface area contributed by atoms with Crippen LogP contribution in [0.25, 0.3) is 11.0 Å². The van der Waals surface area contributed by atoms with E-state index >= 15 is 0 Å². The molecule has 22 nitrogen and oxygen atoms in total. The molecule has 3 aromatic heterocycles. The Balaban J connectivity index is 0.722. The fraction of sp³-hybridized carbons (Fsp3) is 0.523. The van der Waals surface area contributed by atoms with Gasteiger partial charge >= 0.3 is 0 Å². The molecule has 23 heteroatoms. The van der Waals surface area contributed by atoms with E-state index in [0.29, 0.717) is 93.1 Å². The molecule has 468 valence electrons. The summed E-state index contributed by atoms with van der Waals surface area (Å²) < 4.78 is 54.9. The van der Waals surface area contributed by atoms with Gasteiger partial charge in [-0.25, -0.2) is 18.1 Å². The average molecular weight is 1220 g/mol. The van der Waals surface area contributed by atoms with Crippen LogP contribution in [0.1, 0.15) is 105 Å². The van der Waals surface area contributed by atoms with E-state index in [9.17, 15) is 28.4 Å². The van der Waals surface area contributed by atoms with Gasteiger partial charge in [0.15, 0.2) is 11.6 Å². The molecule has 6 fully saturated rings. The van der Waals surface area contributed by atoms with Crippen molar-refractivity contribution >= 4 is 61.2 Å². The van der Waals surface area contributed by atoms with E-state index < -0.39 is 43.1 Å². The van der Waals surface area contributed by atoms with Crippen LogP contribution in [-0.4, -0.2) is 183 Å². The van der Waals surface area contributed by atoms with Crippen molar-refractivity contribution in [3.63, 3.8) is 0 Å². The number of hydrogen-bond donors (Lipinski definition) is 4. The molecule has 9 heterocycles. The van der Waals surface area contributed by atoms with Gasteiger partial charge in [-0.1, -0.05) is 38.1 Å². The van der Waals surface area contributed by atoms with Crippen LogP contribution in [-0.2, 0) is 26.0 Å². The third kappa shape index (κ3) is 12.3. The second-order valence-corrected chi connectivity index (χ2v) is 27.3. The van der Waals surface area contributed by atoms with Crippen molar-refractivity contribution in [2.75, 3.05) is 119 Å². The summed E-state index contributed by atoms with van der Waals surface area (Å²) in [6.45, 7) is 17.7. The van der Waals surface area contributed by atoms with E-state index in [0.717, 1.165) is 125 Å². The van der Waals surface area contributed by atoms with Gasteiger partial charge in [0.05, 0.1) is 59.6 Å². The summed E-state index contributed by atoms with van der Waals surface area (Å²) in [6, 6.07) is 25.0. The van der Waals surface area contributed by atoms with Crippen LogP contribution in [0.4, 0.5) is 34.3 Å². The Labute approximate surface area is 514 Å². The Morgan fingerprint density at radius 3 is 2.45 bits per heavy atom. The lowest BCUT2D eigenvalue weighted by Gasteiger charge is -2.55. The summed E-state index contributed by atoms with van der Waals surface area (Å²) in [4.78, 5) is 54.0. The molecule has 0 unspecified atom stereocenters. The summed E-state index contributed by atoms with van der Waals surface area (Å²) in [7, 11) is -2.92. The first-order chi connectivity index (χ1) is 42.6. The number of H-pyrrole nitrogens is 1. The second kappa shape index (κ2) is 25.0. The molecule has 0 bridgehead atoms. The standard InChI is InChI=1S/C65H82N12O10S/c1-42(2)50-7-5-6-8-51(50)58-40-71(37-44-31-59(84-4)62(68-36-44)73-26-29-85-30-27-73)24-25-75(58)48-38-74(39-48)46-16-22-72(23-17-46)47-9-11-52(55(33-47)76-54-18-28-86-41-60(54)87-64-57(76)32-45-15-21-66-61(45)69-64)63(78)70-88(82,83)49-10-12-53(56(34-49)77(80)81)67-35-43-13-19-65(3,79)20-14-43/h5-12,15,21,31-34,36,42-43,46,48,54,58,60,67,79H,13-14,16-20,22-30,35,37-41H2,1-4H3,(H,66,69)(H,70,78)/t43-,54-,58-,60-,65-/m0/s1. The zero-order valence-corrected chi connectivity index (χ0v) is 51.6. The summed E-state index contributed by atoms with van der Waals surface area (Å²) in [5, 5.41) is 26.9. The minimum Gasteiger partial charge on any atom is -0.493 e. The highest BCUT2D eigenvalue weighted by molar-refractivity contribution is 7.90. The molecule has 6 aliphatic heterocycles. The lowest BCUT2D eigenvalue weighted by Crippen LogP contribution is -2.66. The number of pyridine rings is 2. The van der Waals surface area contributed by atoms with Crippen LogP contribution in [0, 0.1) is 16.0 Å². The van der Waals surface area contributed by atoms with Gasteiger partial charge in [-0.05, 0) is 129 Å². The number of hydrogen-bond acceptors (Lipinski definition) is 19. The van der Waals surface area contributed by atoms with Crippen molar-refractivity contribution in [2.24, 2.45) is 5.92 Å². The van der Waals surface area contributed by atoms with Gasteiger partial charge in [-0.2, -0.15) is 4.98 Å². The topological polar surface area (TPSA) is 237 Å². The van der Waals surface area contributed by atoms with Crippen molar-refractivity contribution in [2.45, 2.75) is 119 Å². The number of likely N-dealkylation sites (tertiary alicyclic amines) is 1. The van der Waals surface area contributed by atoms with E-state index in [1.807, 2.05) is 43.6 Å². The molecule has 3 atom stereocenters. The lowest BCUT2D eigenvalue weighted by atomic mass is 9.80. The fourth-order valence-electron chi connectivity index (χ4n) is 14.6. The van der Waals surface area contributed by atoms with Crippen LogP contribution in [0.3, 0.4) is 0 Å². The number of aliphatic hydroxyl groups is 1. The van der Waals surface area contributed by atoms with Crippen molar-refractivity contribution in [1.82, 2.24) is 34.4 Å². The Morgan fingerprint density at radius 1 is 0.886 bits per heavy atom. The fourth-order valence-corrected chi connectivity index (χ4v) is 15.5. The molecule has 1 saturated carbocycles. The molecule has 5 saturated heterocycles. The highest BCUT2D eigenvalue weighted by Gasteiger charge is 2.45. The molecule has 4 N–H and O–H groups in total. The number of piperidine rings is 1. The number of ether oxygens (including phenoxy) is 4. The molecule has 1 amide bonds.